The number of aliphatic hydroxyl groups is 1. The van der Waals surface area contributed by atoms with E-state index in [0.717, 1.165) is 0 Å². The van der Waals surface area contributed by atoms with Crippen LogP contribution in [0.5, 0.6) is 0 Å². The third-order valence-electron chi connectivity index (χ3n) is 4.93. The molecule has 1 aliphatic rings. The number of aromatic amines is 1. The van der Waals surface area contributed by atoms with Gasteiger partial charge in [-0.3, -0.25) is 9.59 Å². The van der Waals surface area contributed by atoms with Gasteiger partial charge >= 0.3 is 0 Å². The van der Waals surface area contributed by atoms with Gasteiger partial charge in [0, 0.05) is 42.7 Å². The van der Waals surface area contributed by atoms with E-state index >= 15 is 0 Å². The Morgan fingerprint density at radius 1 is 1.41 bits per heavy atom. The first-order chi connectivity index (χ1) is 13.8. The van der Waals surface area contributed by atoms with Gasteiger partial charge < -0.3 is 20.7 Å². The Labute approximate surface area is 171 Å². The second-order valence-electron chi connectivity index (χ2n) is 6.95. The number of aromatic nitrogens is 2. The predicted octanol–water partition coefficient (Wildman–Crippen LogP) is 1.93. The number of H-pyrrole nitrogens is 1. The van der Waals surface area contributed by atoms with Gasteiger partial charge in [0.15, 0.2) is 5.69 Å². The first-order valence-corrected chi connectivity index (χ1v) is 9.25. The summed E-state index contributed by atoms with van der Waals surface area (Å²) in [6.07, 6.45) is 1.84. The molecule has 3 aromatic rings. The lowest BCUT2D eigenvalue weighted by molar-refractivity contribution is -0.137. The standard InChI is InChI=1S/C21H17ClN4O3/c1-26-8-7-21(29,20(26)28)6-5-12-3-2-4-13(9-12)16-10-14-15(22)11-24-17(14)18(25-16)19(23)27/h2-4,9-11,24,29H,7-8H2,1H3,(H2,23,27)/t21-/m0/s1. The van der Waals surface area contributed by atoms with Crippen LogP contribution in [0.15, 0.2) is 36.5 Å². The molecular formula is C21H17ClN4O3. The van der Waals surface area contributed by atoms with Crippen molar-refractivity contribution in [1.82, 2.24) is 14.9 Å². The lowest BCUT2D eigenvalue weighted by Crippen LogP contribution is -2.37. The molecule has 2 amide bonds. The Kier molecular flexibility index (Phi) is 4.53. The maximum atomic E-state index is 12.1. The van der Waals surface area contributed by atoms with Crippen molar-refractivity contribution in [2.24, 2.45) is 5.73 Å². The lowest BCUT2D eigenvalue weighted by atomic mass is 10.0. The zero-order chi connectivity index (χ0) is 20.8. The van der Waals surface area contributed by atoms with Gasteiger partial charge in [-0.2, -0.15) is 0 Å². The average molecular weight is 409 g/mol. The van der Waals surface area contributed by atoms with Crippen LogP contribution < -0.4 is 5.73 Å². The van der Waals surface area contributed by atoms with Crippen LogP contribution in [0.4, 0.5) is 0 Å². The Balaban J connectivity index is 1.76. The number of nitrogens with two attached hydrogens (primary N) is 1. The van der Waals surface area contributed by atoms with Crippen molar-refractivity contribution in [2.45, 2.75) is 12.0 Å². The molecule has 8 heteroatoms. The molecule has 0 bridgehead atoms. The zero-order valence-corrected chi connectivity index (χ0v) is 16.2. The molecule has 0 spiro atoms. The van der Waals surface area contributed by atoms with E-state index in [9.17, 15) is 14.7 Å². The van der Waals surface area contributed by atoms with Crippen LogP contribution in [0.1, 0.15) is 22.5 Å². The highest BCUT2D eigenvalue weighted by molar-refractivity contribution is 6.36. The van der Waals surface area contributed by atoms with Crippen LogP contribution in [0.3, 0.4) is 0 Å². The van der Waals surface area contributed by atoms with Crippen molar-refractivity contribution in [2.75, 3.05) is 13.6 Å². The number of carbonyl (C=O) groups excluding carboxylic acids is 2. The number of fused-ring (bicyclic) bond motifs is 1. The van der Waals surface area contributed by atoms with E-state index in [2.05, 4.69) is 21.8 Å². The Bertz CT molecular complexity index is 1220. The van der Waals surface area contributed by atoms with Crippen LogP contribution in [0, 0.1) is 11.8 Å². The fourth-order valence-electron chi connectivity index (χ4n) is 3.32. The van der Waals surface area contributed by atoms with E-state index in [1.165, 1.54) is 4.90 Å². The van der Waals surface area contributed by atoms with Gasteiger partial charge in [0.25, 0.3) is 11.8 Å². The summed E-state index contributed by atoms with van der Waals surface area (Å²) < 4.78 is 0. The number of benzene rings is 1. The number of rotatable bonds is 2. The summed E-state index contributed by atoms with van der Waals surface area (Å²) in [5, 5.41) is 11.5. The first kappa shape index (κ1) is 19.0. The fourth-order valence-corrected chi connectivity index (χ4v) is 3.52. The quantitative estimate of drug-likeness (QED) is 0.562. The molecule has 0 radical (unpaired) electrons. The smallest absolute Gasteiger partial charge is 0.269 e. The molecule has 29 heavy (non-hydrogen) atoms. The number of carbonyl (C=O) groups is 2. The number of primary amides is 1. The minimum atomic E-state index is -1.67. The van der Waals surface area contributed by atoms with Crippen LogP contribution in [-0.4, -0.2) is 51.0 Å². The molecule has 4 N–H and O–H groups in total. The van der Waals surface area contributed by atoms with Crippen LogP contribution in [0.2, 0.25) is 5.02 Å². The summed E-state index contributed by atoms with van der Waals surface area (Å²) in [6, 6.07) is 8.88. The summed E-state index contributed by atoms with van der Waals surface area (Å²) in [5.41, 5.74) is 6.18. The summed E-state index contributed by atoms with van der Waals surface area (Å²) in [7, 11) is 1.63. The lowest BCUT2D eigenvalue weighted by Gasteiger charge is -2.13. The maximum Gasteiger partial charge on any atom is 0.269 e. The number of likely N-dealkylation sites (tertiary alicyclic amines) is 1. The molecule has 1 saturated heterocycles. The molecule has 4 rings (SSSR count). The highest BCUT2D eigenvalue weighted by atomic mass is 35.5. The number of hydrogen-bond donors (Lipinski definition) is 3. The van der Waals surface area contributed by atoms with Crippen LogP contribution in [0.25, 0.3) is 22.2 Å². The molecule has 1 atom stereocenters. The van der Waals surface area contributed by atoms with E-state index in [4.69, 9.17) is 17.3 Å². The highest BCUT2D eigenvalue weighted by Crippen LogP contribution is 2.30. The summed E-state index contributed by atoms with van der Waals surface area (Å²) in [6.45, 7) is 0.460. The van der Waals surface area contributed by atoms with Gasteiger partial charge in [0.2, 0.25) is 5.60 Å². The summed E-state index contributed by atoms with van der Waals surface area (Å²) in [5.74, 6) is 4.49. The predicted molar refractivity (Wildman–Crippen MR) is 109 cm³/mol. The number of halogens is 1. The third kappa shape index (κ3) is 3.33. The van der Waals surface area contributed by atoms with Crippen molar-refractivity contribution >= 4 is 34.3 Å². The molecule has 146 valence electrons. The van der Waals surface area contributed by atoms with Gasteiger partial charge in [-0.05, 0) is 18.2 Å². The van der Waals surface area contributed by atoms with Gasteiger partial charge in [-0.25, -0.2) is 4.98 Å². The number of hydrogen-bond acceptors (Lipinski definition) is 4. The molecule has 7 nitrogen and oxygen atoms in total. The molecule has 0 unspecified atom stereocenters. The molecule has 1 fully saturated rings. The number of pyridine rings is 1. The SMILES string of the molecule is CN1CC[C@@](O)(C#Cc2cccc(-c3cc4c(Cl)c[nH]c4c(C(N)=O)n3)c2)C1=O. The second kappa shape index (κ2) is 6.92. The van der Waals surface area contributed by atoms with Crippen molar-refractivity contribution in [3.8, 4) is 23.1 Å². The van der Waals surface area contributed by atoms with Gasteiger partial charge in [0.1, 0.15) is 0 Å². The van der Waals surface area contributed by atoms with Crippen molar-refractivity contribution in [3.05, 3.63) is 52.8 Å². The molecule has 2 aromatic heterocycles. The van der Waals surface area contributed by atoms with Crippen molar-refractivity contribution in [3.63, 3.8) is 0 Å². The van der Waals surface area contributed by atoms with E-state index in [0.29, 0.717) is 39.3 Å². The van der Waals surface area contributed by atoms with Crippen molar-refractivity contribution < 1.29 is 14.7 Å². The minimum Gasteiger partial charge on any atom is -0.369 e. The third-order valence-corrected chi connectivity index (χ3v) is 5.25. The van der Waals surface area contributed by atoms with Crippen LogP contribution in [-0.2, 0) is 4.79 Å². The molecule has 3 heterocycles. The molecule has 0 aliphatic carbocycles. The number of nitrogens with zero attached hydrogens (tertiary/aromatic N) is 2. The van der Waals surface area contributed by atoms with Crippen molar-refractivity contribution in [1.29, 1.82) is 0 Å². The normalized spacial score (nSPS) is 18.7. The summed E-state index contributed by atoms with van der Waals surface area (Å²) >= 11 is 6.21. The van der Waals surface area contributed by atoms with Gasteiger partial charge in [0.05, 0.1) is 16.2 Å². The topological polar surface area (TPSA) is 112 Å². The summed E-state index contributed by atoms with van der Waals surface area (Å²) in [4.78, 5) is 32.6. The largest absolute Gasteiger partial charge is 0.369 e. The Morgan fingerprint density at radius 2 is 2.21 bits per heavy atom. The number of nitrogens with one attached hydrogen (secondary N) is 1. The van der Waals surface area contributed by atoms with E-state index in [-0.39, 0.29) is 12.1 Å². The Hall–Kier alpha value is -3.34. The molecule has 1 aromatic carbocycles. The van der Waals surface area contributed by atoms with E-state index < -0.39 is 17.4 Å². The van der Waals surface area contributed by atoms with E-state index in [1.54, 1.807) is 37.5 Å². The average Bonchev–Trinajstić information content (AvgIpc) is 3.21. The maximum absolute atomic E-state index is 12.1. The highest BCUT2D eigenvalue weighted by Gasteiger charge is 2.42. The molecule has 0 saturated carbocycles. The number of likely N-dealkylation sites (N-methyl/N-ethyl adjacent to an activating group) is 1. The first-order valence-electron chi connectivity index (χ1n) is 8.87. The molecular weight excluding hydrogens is 392 g/mol. The van der Waals surface area contributed by atoms with E-state index in [1.807, 2.05) is 6.07 Å². The van der Waals surface area contributed by atoms with Gasteiger partial charge in [-0.15, -0.1) is 0 Å². The van der Waals surface area contributed by atoms with Crippen LogP contribution >= 0.6 is 11.6 Å². The minimum absolute atomic E-state index is 0.0924. The number of amides is 2. The zero-order valence-electron chi connectivity index (χ0n) is 15.5. The monoisotopic (exact) mass is 408 g/mol. The van der Waals surface area contributed by atoms with Gasteiger partial charge in [-0.1, -0.05) is 35.6 Å². The Morgan fingerprint density at radius 3 is 2.90 bits per heavy atom. The fraction of sp³-hybridized carbons (Fsp3) is 0.190. The molecule has 1 aliphatic heterocycles. The second-order valence-corrected chi connectivity index (χ2v) is 7.35.